The van der Waals surface area contributed by atoms with Gasteiger partial charge in [0.2, 0.25) is 0 Å². The van der Waals surface area contributed by atoms with Gasteiger partial charge in [-0.3, -0.25) is 4.79 Å². The Kier molecular flexibility index (Phi) is 6.39. The van der Waals surface area contributed by atoms with Crippen LogP contribution in [0.25, 0.3) is 0 Å². The van der Waals surface area contributed by atoms with Crippen LogP contribution in [-0.4, -0.2) is 40.4 Å². The molecule has 158 valence electrons. The normalized spacial score (nSPS) is 15.6. The quantitative estimate of drug-likeness (QED) is 0.399. The molecule has 2 aromatic heterocycles. The number of hydrogen-bond donors (Lipinski definition) is 0. The third-order valence-electron chi connectivity index (χ3n) is 4.73. The molecular formula is C22H18ClN3O4S. The van der Waals surface area contributed by atoms with Crippen molar-refractivity contribution in [2.24, 2.45) is 5.10 Å². The minimum Gasteiger partial charge on any atom is -0.467 e. The Morgan fingerprint density at radius 1 is 1.23 bits per heavy atom. The van der Waals surface area contributed by atoms with E-state index in [0.717, 1.165) is 11.3 Å². The van der Waals surface area contributed by atoms with Crippen LogP contribution >= 0.6 is 23.4 Å². The van der Waals surface area contributed by atoms with Gasteiger partial charge in [-0.25, -0.2) is 14.8 Å². The molecule has 0 aliphatic carbocycles. The molecule has 0 unspecified atom stereocenters. The lowest BCUT2D eigenvalue weighted by molar-refractivity contribution is -0.136. The standard InChI is InChI=1S/C22H18ClN3O4S/c1-31-21-16(4-2-10-24-21)22(28)30-13-20(27)26-18(19-5-3-11-29-19)12-17(25-26)14-6-8-15(23)9-7-14/h2-11,18H,12-13H2,1H3/t18-/m1/s1. The van der Waals surface area contributed by atoms with E-state index in [1.54, 1.807) is 48.9 Å². The van der Waals surface area contributed by atoms with Gasteiger partial charge in [-0.05, 0) is 48.2 Å². The average molecular weight is 456 g/mol. The number of pyridine rings is 1. The summed E-state index contributed by atoms with van der Waals surface area (Å²) in [6.45, 7) is -0.448. The van der Waals surface area contributed by atoms with Crippen molar-refractivity contribution in [3.8, 4) is 0 Å². The minimum absolute atomic E-state index is 0.317. The third-order valence-corrected chi connectivity index (χ3v) is 5.69. The first-order valence-corrected chi connectivity index (χ1v) is 11.0. The number of halogens is 1. The maximum absolute atomic E-state index is 12.9. The predicted octanol–water partition coefficient (Wildman–Crippen LogP) is 4.58. The van der Waals surface area contributed by atoms with Crippen molar-refractivity contribution in [3.63, 3.8) is 0 Å². The number of aromatic nitrogens is 1. The Balaban J connectivity index is 1.52. The van der Waals surface area contributed by atoms with E-state index in [1.165, 1.54) is 16.8 Å². The molecule has 4 rings (SSSR count). The topological polar surface area (TPSA) is 85.0 Å². The zero-order valence-electron chi connectivity index (χ0n) is 16.5. The fourth-order valence-electron chi connectivity index (χ4n) is 3.24. The molecule has 1 atom stereocenters. The molecule has 3 aromatic rings. The molecule has 31 heavy (non-hydrogen) atoms. The average Bonchev–Trinajstić information content (AvgIpc) is 3.47. The van der Waals surface area contributed by atoms with Gasteiger partial charge in [0.1, 0.15) is 16.8 Å². The Labute approximate surface area is 188 Å². The van der Waals surface area contributed by atoms with E-state index in [9.17, 15) is 9.59 Å². The number of esters is 1. The molecule has 0 N–H and O–H groups in total. The summed E-state index contributed by atoms with van der Waals surface area (Å²) in [5.41, 5.74) is 1.89. The lowest BCUT2D eigenvalue weighted by atomic mass is 10.0. The van der Waals surface area contributed by atoms with Crippen molar-refractivity contribution in [2.75, 3.05) is 12.9 Å². The maximum atomic E-state index is 12.9. The number of ether oxygens (including phenoxy) is 1. The molecule has 0 bridgehead atoms. The molecule has 0 fully saturated rings. The van der Waals surface area contributed by atoms with E-state index in [4.69, 9.17) is 20.8 Å². The summed E-state index contributed by atoms with van der Waals surface area (Å²) in [4.78, 5) is 29.5. The predicted molar refractivity (Wildman–Crippen MR) is 117 cm³/mol. The second kappa shape index (κ2) is 9.36. The number of hydrazone groups is 1. The van der Waals surface area contributed by atoms with E-state index in [-0.39, 0.29) is 0 Å². The third kappa shape index (κ3) is 4.65. The van der Waals surface area contributed by atoms with Gasteiger partial charge in [0, 0.05) is 17.6 Å². The van der Waals surface area contributed by atoms with Crippen molar-refractivity contribution in [1.82, 2.24) is 9.99 Å². The number of hydrogen-bond acceptors (Lipinski definition) is 7. The van der Waals surface area contributed by atoms with Crippen molar-refractivity contribution >= 4 is 41.0 Å². The number of benzene rings is 1. The monoisotopic (exact) mass is 455 g/mol. The summed E-state index contributed by atoms with van der Waals surface area (Å²) in [6.07, 6.45) is 5.42. The van der Waals surface area contributed by atoms with Crippen molar-refractivity contribution < 1.29 is 18.7 Å². The molecule has 9 heteroatoms. The van der Waals surface area contributed by atoms with E-state index < -0.39 is 24.5 Å². The molecule has 0 spiro atoms. The molecule has 7 nitrogen and oxygen atoms in total. The van der Waals surface area contributed by atoms with Crippen LogP contribution in [0.5, 0.6) is 0 Å². The summed E-state index contributed by atoms with van der Waals surface area (Å²) in [6, 6.07) is 13.6. The van der Waals surface area contributed by atoms with Crippen LogP contribution in [-0.2, 0) is 9.53 Å². The first-order chi connectivity index (χ1) is 15.1. The van der Waals surface area contributed by atoms with Gasteiger partial charge < -0.3 is 9.15 Å². The number of rotatable bonds is 6. The van der Waals surface area contributed by atoms with Crippen LogP contribution in [0.1, 0.15) is 34.1 Å². The highest BCUT2D eigenvalue weighted by Crippen LogP contribution is 2.33. The Hall–Kier alpha value is -3.10. The number of amides is 1. The number of carbonyl (C=O) groups excluding carboxylic acids is 2. The second-order valence-electron chi connectivity index (χ2n) is 6.66. The molecule has 0 saturated carbocycles. The van der Waals surface area contributed by atoms with Gasteiger partial charge >= 0.3 is 5.97 Å². The van der Waals surface area contributed by atoms with Gasteiger partial charge in [0.15, 0.2) is 6.61 Å². The summed E-state index contributed by atoms with van der Waals surface area (Å²) in [5.74, 6) is -0.459. The largest absolute Gasteiger partial charge is 0.467 e. The van der Waals surface area contributed by atoms with Gasteiger partial charge in [0.05, 0.1) is 17.5 Å². The van der Waals surface area contributed by atoms with Crippen molar-refractivity contribution in [1.29, 1.82) is 0 Å². The molecule has 3 heterocycles. The highest BCUT2D eigenvalue weighted by Gasteiger charge is 2.35. The minimum atomic E-state index is -0.610. The van der Waals surface area contributed by atoms with Gasteiger partial charge in [-0.2, -0.15) is 5.10 Å². The Bertz CT molecular complexity index is 1120. The highest BCUT2D eigenvalue weighted by molar-refractivity contribution is 7.98. The summed E-state index contributed by atoms with van der Waals surface area (Å²) in [7, 11) is 0. The molecule has 0 saturated heterocycles. The number of furan rings is 1. The van der Waals surface area contributed by atoms with Crippen molar-refractivity contribution in [3.05, 3.63) is 82.9 Å². The lowest BCUT2D eigenvalue weighted by Gasteiger charge is -2.19. The molecule has 1 aromatic carbocycles. The molecule has 1 amide bonds. The summed E-state index contributed by atoms with van der Waals surface area (Å²) >= 11 is 7.31. The van der Waals surface area contributed by atoms with Crippen LogP contribution in [0.2, 0.25) is 5.02 Å². The first-order valence-electron chi connectivity index (χ1n) is 9.42. The number of thioether (sulfide) groups is 1. The van der Waals surface area contributed by atoms with Crippen LogP contribution in [0, 0.1) is 0 Å². The van der Waals surface area contributed by atoms with E-state index >= 15 is 0 Å². The lowest BCUT2D eigenvalue weighted by Crippen LogP contribution is -2.31. The number of carbonyl (C=O) groups is 2. The second-order valence-corrected chi connectivity index (χ2v) is 7.89. The first kappa shape index (κ1) is 21.1. The van der Waals surface area contributed by atoms with Crippen LogP contribution < -0.4 is 0 Å². The van der Waals surface area contributed by atoms with Crippen LogP contribution in [0.4, 0.5) is 0 Å². The zero-order chi connectivity index (χ0) is 21.8. The maximum Gasteiger partial charge on any atom is 0.341 e. The Morgan fingerprint density at radius 3 is 2.74 bits per heavy atom. The van der Waals surface area contributed by atoms with Crippen LogP contribution in [0.3, 0.4) is 0 Å². The van der Waals surface area contributed by atoms with Gasteiger partial charge in [-0.15, -0.1) is 11.8 Å². The fraction of sp³-hybridized carbons (Fsp3) is 0.182. The summed E-state index contributed by atoms with van der Waals surface area (Å²) < 4.78 is 10.8. The van der Waals surface area contributed by atoms with E-state index in [0.29, 0.717) is 27.8 Å². The van der Waals surface area contributed by atoms with Gasteiger partial charge in [0.25, 0.3) is 5.91 Å². The zero-order valence-corrected chi connectivity index (χ0v) is 18.1. The van der Waals surface area contributed by atoms with Crippen molar-refractivity contribution in [2.45, 2.75) is 17.5 Å². The highest BCUT2D eigenvalue weighted by atomic mass is 35.5. The smallest absolute Gasteiger partial charge is 0.341 e. The number of nitrogens with zero attached hydrogens (tertiary/aromatic N) is 3. The molecular weight excluding hydrogens is 438 g/mol. The van der Waals surface area contributed by atoms with Gasteiger partial charge in [-0.1, -0.05) is 23.7 Å². The van der Waals surface area contributed by atoms with E-state index in [2.05, 4.69) is 10.1 Å². The molecule has 0 radical (unpaired) electrons. The molecule has 1 aliphatic heterocycles. The molecule has 1 aliphatic rings. The van der Waals surface area contributed by atoms with E-state index in [1.807, 2.05) is 18.4 Å². The Morgan fingerprint density at radius 2 is 2.03 bits per heavy atom. The van der Waals surface area contributed by atoms with Crippen LogP contribution in [0.15, 0.2) is 75.5 Å². The fourth-order valence-corrected chi connectivity index (χ4v) is 3.90. The SMILES string of the molecule is CSc1ncccc1C(=O)OCC(=O)N1N=C(c2ccc(Cl)cc2)C[C@@H]1c1ccco1. The summed E-state index contributed by atoms with van der Waals surface area (Å²) in [5, 5.41) is 6.97.